The zero-order valence-electron chi connectivity index (χ0n) is 16.0. The van der Waals surface area contributed by atoms with E-state index in [0.29, 0.717) is 17.4 Å². The second kappa shape index (κ2) is 7.02. The molecule has 0 bridgehead atoms. The van der Waals surface area contributed by atoms with Gasteiger partial charge in [-0.2, -0.15) is 0 Å². The van der Waals surface area contributed by atoms with Gasteiger partial charge in [-0.3, -0.25) is 9.78 Å². The van der Waals surface area contributed by atoms with Crippen LogP contribution in [0.1, 0.15) is 23.0 Å². The second-order valence-electron chi connectivity index (χ2n) is 7.29. The Morgan fingerprint density at radius 2 is 1.86 bits per heavy atom. The fourth-order valence-corrected chi connectivity index (χ4v) is 4.01. The number of amides is 1. The number of carbonyl (C=O) groups excluding carboxylic acids is 1. The third-order valence-corrected chi connectivity index (χ3v) is 5.35. The van der Waals surface area contributed by atoms with Gasteiger partial charge in [-0.25, -0.2) is 4.98 Å². The van der Waals surface area contributed by atoms with Gasteiger partial charge >= 0.3 is 0 Å². The van der Waals surface area contributed by atoms with Crippen LogP contribution in [-0.4, -0.2) is 21.9 Å². The number of anilines is 3. The molecule has 1 unspecified atom stereocenters. The SMILES string of the molecule is CC1Cc2ccccc2N1c1ccc(C(=O)Nc2cccc3cccnc23)nc1. The van der Waals surface area contributed by atoms with Crippen LogP contribution in [0, 0.1) is 0 Å². The number of hydrogen-bond acceptors (Lipinski definition) is 4. The van der Waals surface area contributed by atoms with Crippen molar-refractivity contribution in [1.82, 2.24) is 9.97 Å². The standard InChI is InChI=1S/C24H20N4O/c1-16-14-18-6-2-3-10-22(18)28(16)19-11-12-21(26-15-19)24(29)27-20-9-4-7-17-8-5-13-25-23(17)20/h2-13,15-16H,14H2,1H3,(H,27,29). The summed E-state index contributed by atoms with van der Waals surface area (Å²) >= 11 is 0. The fourth-order valence-electron chi connectivity index (χ4n) is 4.01. The Balaban J connectivity index is 1.40. The van der Waals surface area contributed by atoms with Crippen LogP contribution in [-0.2, 0) is 6.42 Å². The van der Waals surface area contributed by atoms with Crippen LogP contribution in [0.25, 0.3) is 10.9 Å². The van der Waals surface area contributed by atoms with Crippen molar-refractivity contribution in [3.8, 4) is 0 Å². The molecule has 4 aromatic rings. The lowest BCUT2D eigenvalue weighted by atomic mass is 10.1. The lowest BCUT2D eigenvalue weighted by Gasteiger charge is -2.24. The maximum Gasteiger partial charge on any atom is 0.274 e. The number of fused-ring (bicyclic) bond motifs is 2. The first kappa shape index (κ1) is 17.4. The van der Waals surface area contributed by atoms with Crippen LogP contribution in [0.15, 0.2) is 79.1 Å². The number of pyridine rings is 2. The second-order valence-corrected chi connectivity index (χ2v) is 7.29. The molecule has 3 heterocycles. The van der Waals surface area contributed by atoms with Crippen LogP contribution >= 0.6 is 0 Å². The number of carbonyl (C=O) groups is 1. The van der Waals surface area contributed by atoms with Crippen molar-refractivity contribution in [2.45, 2.75) is 19.4 Å². The smallest absolute Gasteiger partial charge is 0.274 e. The number of nitrogens with zero attached hydrogens (tertiary/aromatic N) is 3. The van der Waals surface area contributed by atoms with E-state index in [9.17, 15) is 4.79 Å². The Kier molecular flexibility index (Phi) is 4.21. The molecule has 29 heavy (non-hydrogen) atoms. The molecule has 0 saturated carbocycles. The molecule has 5 nitrogen and oxygen atoms in total. The molecule has 5 rings (SSSR count). The van der Waals surface area contributed by atoms with Crippen molar-refractivity contribution >= 4 is 33.9 Å². The van der Waals surface area contributed by atoms with Gasteiger partial charge in [-0.15, -0.1) is 0 Å². The number of nitrogens with one attached hydrogen (secondary N) is 1. The van der Waals surface area contributed by atoms with E-state index < -0.39 is 0 Å². The molecule has 5 heteroatoms. The topological polar surface area (TPSA) is 58.1 Å². The van der Waals surface area contributed by atoms with Gasteiger partial charge in [0.1, 0.15) is 5.69 Å². The van der Waals surface area contributed by atoms with E-state index in [0.717, 1.165) is 23.0 Å². The van der Waals surface area contributed by atoms with Gasteiger partial charge in [0.15, 0.2) is 0 Å². The maximum absolute atomic E-state index is 12.7. The molecule has 1 aliphatic rings. The van der Waals surface area contributed by atoms with Gasteiger partial charge in [-0.05, 0) is 49.2 Å². The number of aromatic nitrogens is 2. The van der Waals surface area contributed by atoms with Crippen LogP contribution in [0.3, 0.4) is 0 Å². The minimum absolute atomic E-state index is 0.246. The molecular formula is C24H20N4O. The fraction of sp³-hybridized carbons (Fsp3) is 0.125. The predicted molar refractivity (Wildman–Crippen MR) is 116 cm³/mol. The number of para-hydroxylation sites is 2. The van der Waals surface area contributed by atoms with Crippen LogP contribution in [0.2, 0.25) is 0 Å². The van der Waals surface area contributed by atoms with E-state index in [-0.39, 0.29) is 5.91 Å². The highest BCUT2D eigenvalue weighted by Crippen LogP contribution is 2.37. The molecular weight excluding hydrogens is 360 g/mol. The third-order valence-electron chi connectivity index (χ3n) is 5.35. The summed E-state index contributed by atoms with van der Waals surface area (Å²) in [6.07, 6.45) is 4.50. The van der Waals surface area contributed by atoms with Gasteiger partial charge in [-0.1, -0.05) is 36.4 Å². The molecule has 1 atom stereocenters. The Hall–Kier alpha value is -3.73. The molecule has 1 amide bonds. The zero-order valence-corrected chi connectivity index (χ0v) is 16.0. The minimum atomic E-state index is -0.246. The molecule has 0 fully saturated rings. The summed E-state index contributed by atoms with van der Waals surface area (Å²) in [6, 6.07) is 22.1. The van der Waals surface area contributed by atoms with Crippen molar-refractivity contribution in [2.75, 3.05) is 10.2 Å². The van der Waals surface area contributed by atoms with E-state index in [1.165, 1.54) is 11.3 Å². The molecule has 142 valence electrons. The lowest BCUT2D eigenvalue weighted by Crippen LogP contribution is -2.24. The summed E-state index contributed by atoms with van der Waals surface area (Å²) in [4.78, 5) is 23.8. The van der Waals surface area contributed by atoms with Gasteiger partial charge in [0, 0.05) is 23.3 Å². The van der Waals surface area contributed by atoms with Crippen molar-refractivity contribution in [3.63, 3.8) is 0 Å². The van der Waals surface area contributed by atoms with Crippen LogP contribution in [0.5, 0.6) is 0 Å². The minimum Gasteiger partial charge on any atom is -0.337 e. The van der Waals surface area contributed by atoms with E-state index in [2.05, 4.69) is 51.4 Å². The molecule has 0 spiro atoms. The monoisotopic (exact) mass is 380 g/mol. The summed E-state index contributed by atoms with van der Waals surface area (Å²) in [5.74, 6) is -0.246. The Morgan fingerprint density at radius 1 is 1.00 bits per heavy atom. The van der Waals surface area contributed by atoms with E-state index in [1.54, 1.807) is 18.5 Å². The van der Waals surface area contributed by atoms with Gasteiger partial charge in [0.25, 0.3) is 5.91 Å². The highest BCUT2D eigenvalue weighted by molar-refractivity contribution is 6.07. The Labute approximate surface area is 169 Å². The van der Waals surface area contributed by atoms with Crippen molar-refractivity contribution in [2.24, 2.45) is 0 Å². The first-order valence-corrected chi connectivity index (χ1v) is 9.69. The molecule has 2 aromatic carbocycles. The van der Waals surface area contributed by atoms with E-state index >= 15 is 0 Å². The highest BCUT2D eigenvalue weighted by atomic mass is 16.1. The molecule has 0 radical (unpaired) electrons. The first-order valence-electron chi connectivity index (χ1n) is 9.69. The summed E-state index contributed by atoms with van der Waals surface area (Å²) in [5.41, 5.74) is 5.36. The molecule has 0 aliphatic carbocycles. The molecule has 1 N–H and O–H groups in total. The highest BCUT2D eigenvalue weighted by Gasteiger charge is 2.27. The number of benzene rings is 2. The average Bonchev–Trinajstić information content (AvgIpc) is 3.10. The van der Waals surface area contributed by atoms with Crippen LogP contribution in [0.4, 0.5) is 17.1 Å². The van der Waals surface area contributed by atoms with Crippen molar-refractivity contribution in [1.29, 1.82) is 0 Å². The average molecular weight is 380 g/mol. The summed E-state index contributed by atoms with van der Waals surface area (Å²) in [6.45, 7) is 2.20. The van der Waals surface area contributed by atoms with Crippen molar-refractivity contribution < 1.29 is 4.79 Å². The van der Waals surface area contributed by atoms with E-state index in [4.69, 9.17) is 0 Å². The van der Waals surface area contributed by atoms with Crippen LogP contribution < -0.4 is 10.2 Å². The Morgan fingerprint density at radius 3 is 2.72 bits per heavy atom. The quantitative estimate of drug-likeness (QED) is 0.545. The molecule has 0 saturated heterocycles. The lowest BCUT2D eigenvalue weighted by molar-refractivity contribution is 0.102. The first-order chi connectivity index (χ1) is 14.2. The van der Waals surface area contributed by atoms with Gasteiger partial charge in [0.05, 0.1) is 23.1 Å². The van der Waals surface area contributed by atoms with Gasteiger partial charge < -0.3 is 10.2 Å². The van der Waals surface area contributed by atoms with Crippen molar-refractivity contribution in [3.05, 3.63) is 90.4 Å². The van der Waals surface area contributed by atoms with Gasteiger partial charge in [0.2, 0.25) is 0 Å². The third kappa shape index (κ3) is 3.10. The Bertz CT molecular complexity index is 1200. The summed E-state index contributed by atoms with van der Waals surface area (Å²) in [7, 11) is 0. The number of hydrogen-bond donors (Lipinski definition) is 1. The van der Waals surface area contributed by atoms with E-state index in [1.807, 2.05) is 36.4 Å². The maximum atomic E-state index is 12.7. The zero-order chi connectivity index (χ0) is 19.8. The summed E-state index contributed by atoms with van der Waals surface area (Å²) in [5, 5.41) is 3.92. The number of rotatable bonds is 3. The predicted octanol–water partition coefficient (Wildman–Crippen LogP) is 4.96. The largest absolute Gasteiger partial charge is 0.337 e. The molecule has 2 aromatic heterocycles. The summed E-state index contributed by atoms with van der Waals surface area (Å²) < 4.78 is 0. The normalized spacial score (nSPS) is 15.3. The molecule has 1 aliphatic heterocycles.